The number of ether oxygens (including phenoxy) is 2. The maximum atomic E-state index is 11.2. The van der Waals surface area contributed by atoms with Crippen LogP contribution in [0.15, 0.2) is 6.07 Å². The Morgan fingerprint density at radius 3 is 2.77 bits per heavy atom. The molecule has 1 saturated heterocycles. The molecule has 22 heavy (non-hydrogen) atoms. The average molecular weight is 326 g/mol. The predicted octanol–water partition coefficient (Wildman–Crippen LogP) is 2.97. The molecule has 2 heterocycles. The van der Waals surface area contributed by atoms with Gasteiger partial charge in [-0.3, -0.25) is 4.79 Å². The molecule has 2 aliphatic rings. The number of benzene rings is 1. The normalized spacial score (nSPS) is 23.8. The Kier molecular flexibility index (Phi) is 4.19. The molecule has 0 saturated carbocycles. The molecule has 2 atom stereocenters. The van der Waals surface area contributed by atoms with Gasteiger partial charge in [0.05, 0.1) is 10.9 Å². The van der Waals surface area contributed by atoms with Crippen molar-refractivity contribution < 1.29 is 19.4 Å². The highest BCUT2D eigenvalue weighted by molar-refractivity contribution is 6.33. The minimum atomic E-state index is -0.760. The first-order chi connectivity index (χ1) is 10.5. The molecule has 2 unspecified atom stereocenters. The van der Waals surface area contributed by atoms with Gasteiger partial charge in [-0.15, -0.1) is 0 Å². The van der Waals surface area contributed by atoms with Gasteiger partial charge in [0.1, 0.15) is 13.2 Å². The van der Waals surface area contributed by atoms with E-state index in [4.69, 9.17) is 21.1 Å². The van der Waals surface area contributed by atoms with Crippen LogP contribution >= 0.6 is 11.6 Å². The molecule has 1 aromatic carbocycles. The second-order valence-corrected chi connectivity index (χ2v) is 6.48. The van der Waals surface area contributed by atoms with E-state index in [1.807, 2.05) is 6.07 Å². The molecule has 0 bridgehead atoms. The Balaban J connectivity index is 2.03. The highest BCUT2D eigenvalue weighted by Gasteiger charge is 2.34. The number of carboxylic acid groups (broad SMARTS) is 1. The zero-order valence-corrected chi connectivity index (χ0v) is 13.4. The summed E-state index contributed by atoms with van der Waals surface area (Å²) >= 11 is 6.56. The quantitative estimate of drug-likeness (QED) is 0.894. The largest absolute Gasteiger partial charge is 0.486 e. The molecule has 0 spiro atoms. The fourth-order valence-corrected chi connectivity index (χ4v) is 3.69. The van der Waals surface area contributed by atoms with E-state index in [0.717, 1.165) is 11.1 Å². The van der Waals surface area contributed by atoms with Gasteiger partial charge in [-0.25, -0.2) is 0 Å². The van der Waals surface area contributed by atoms with Gasteiger partial charge >= 0.3 is 5.97 Å². The van der Waals surface area contributed by atoms with Crippen LogP contribution in [-0.4, -0.2) is 30.8 Å². The molecule has 0 aromatic heterocycles. The molecule has 1 fully saturated rings. The van der Waals surface area contributed by atoms with Gasteiger partial charge < -0.3 is 19.9 Å². The molecule has 0 aliphatic carbocycles. The van der Waals surface area contributed by atoms with Crippen molar-refractivity contribution in [3.8, 4) is 11.5 Å². The van der Waals surface area contributed by atoms with Crippen LogP contribution in [0.3, 0.4) is 0 Å². The van der Waals surface area contributed by atoms with Crippen molar-refractivity contribution in [2.24, 2.45) is 5.92 Å². The standard InChI is InChI=1S/C16H20ClNO4/c1-8(2)13-10(11-5-9(7-18-11)16(19)20)6-12-15(14(13)17)22-4-3-21-12/h6,8-9,11,18H,3-5,7H2,1-2H3,(H,19,20). The third-order valence-electron chi connectivity index (χ3n) is 4.28. The highest BCUT2D eigenvalue weighted by atomic mass is 35.5. The number of halogens is 1. The zero-order valence-electron chi connectivity index (χ0n) is 12.7. The lowest BCUT2D eigenvalue weighted by molar-refractivity contribution is -0.141. The Bertz CT molecular complexity index is 602. The summed E-state index contributed by atoms with van der Waals surface area (Å²) in [5.74, 6) is 0.343. The summed E-state index contributed by atoms with van der Waals surface area (Å²) in [5, 5.41) is 13.1. The first kappa shape index (κ1) is 15.4. The van der Waals surface area contributed by atoms with Crippen molar-refractivity contribution in [2.45, 2.75) is 32.2 Å². The maximum absolute atomic E-state index is 11.2. The van der Waals surface area contributed by atoms with Gasteiger partial charge in [-0.05, 0) is 29.5 Å². The monoisotopic (exact) mass is 325 g/mol. The highest BCUT2D eigenvalue weighted by Crippen LogP contribution is 2.47. The van der Waals surface area contributed by atoms with Crippen LogP contribution in [0.4, 0.5) is 0 Å². The Morgan fingerprint density at radius 1 is 1.41 bits per heavy atom. The van der Waals surface area contributed by atoms with Gasteiger partial charge in [0.2, 0.25) is 0 Å². The smallest absolute Gasteiger partial charge is 0.307 e. The van der Waals surface area contributed by atoms with Crippen molar-refractivity contribution in [1.82, 2.24) is 5.32 Å². The summed E-state index contributed by atoms with van der Waals surface area (Å²) in [6, 6.07) is 1.93. The fourth-order valence-electron chi connectivity index (χ4n) is 3.21. The van der Waals surface area contributed by atoms with Crippen molar-refractivity contribution >= 4 is 17.6 Å². The summed E-state index contributed by atoms with van der Waals surface area (Å²) in [6.07, 6.45) is 0.561. The zero-order chi connectivity index (χ0) is 15.9. The number of hydrogen-bond donors (Lipinski definition) is 2. The van der Waals surface area contributed by atoms with Crippen molar-refractivity contribution in [2.75, 3.05) is 19.8 Å². The third kappa shape index (κ3) is 2.63. The molecular weight excluding hydrogens is 306 g/mol. The summed E-state index contributed by atoms with van der Waals surface area (Å²) in [4.78, 5) is 11.2. The Labute approximate surface area is 134 Å². The number of rotatable bonds is 3. The minimum Gasteiger partial charge on any atom is -0.486 e. The van der Waals surface area contributed by atoms with E-state index >= 15 is 0 Å². The first-order valence-corrected chi connectivity index (χ1v) is 7.95. The van der Waals surface area contributed by atoms with Crippen molar-refractivity contribution in [1.29, 1.82) is 0 Å². The van der Waals surface area contributed by atoms with E-state index in [0.29, 0.717) is 42.7 Å². The summed E-state index contributed by atoms with van der Waals surface area (Å²) in [5.41, 5.74) is 2.03. The summed E-state index contributed by atoms with van der Waals surface area (Å²) in [6.45, 7) is 5.62. The predicted molar refractivity (Wildman–Crippen MR) is 83.0 cm³/mol. The average Bonchev–Trinajstić information content (AvgIpc) is 2.96. The van der Waals surface area contributed by atoms with E-state index in [-0.39, 0.29) is 17.9 Å². The molecule has 3 rings (SSSR count). The van der Waals surface area contributed by atoms with Gasteiger partial charge in [0.25, 0.3) is 0 Å². The van der Waals surface area contributed by atoms with E-state index in [1.165, 1.54) is 0 Å². The fraction of sp³-hybridized carbons (Fsp3) is 0.562. The number of carbonyl (C=O) groups is 1. The molecule has 0 amide bonds. The lowest BCUT2D eigenvalue weighted by Crippen LogP contribution is -2.20. The summed E-state index contributed by atoms with van der Waals surface area (Å²) < 4.78 is 11.3. The molecule has 2 N–H and O–H groups in total. The van der Waals surface area contributed by atoms with E-state index in [1.54, 1.807) is 0 Å². The van der Waals surface area contributed by atoms with Crippen LogP contribution < -0.4 is 14.8 Å². The molecule has 5 nitrogen and oxygen atoms in total. The van der Waals surface area contributed by atoms with Gasteiger partial charge in [0, 0.05) is 12.6 Å². The van der Waals surface area contributed by atoms with Crippen LogP contribution in [-0.2, 0) is 4.79 Å². The Morgan fingerprint density at radius 2 is 2.14 bits per heavy atom. The van der Waals surface area contributed by atoms with Crippen LogP contribution in [0.1, 0.15) is 43.4 Å². The van der Waals surface area contributed by atoms with Gasteiger partial charge in [-0.1, -0.05) is 25.4 Å². The first-order valence-electron chi connectivity index (χ1n) is 7.57. The lowest BCUT2D eigenvalue weighted by Gasteiger charge is -2.26. The van der Waals surface area contributed by atoms with E-state index < -0.39 is 5.97 Å². The van der Waals surface area contributed by atoms with Gasteiger partial charge in [-0.2, -0.15) is 0 Å². The van der Waals surface area contributed by atoms with Crippen molar-refractivity contribution in [3.63, 3.8) is 0 Å². The van der Waals surface area contributed by atoms with E-state index in [2.05, 4.69) is 19.2 Å². The maximum Gasteiger partial charge on any atom is 0.307 e. The van der Waals surface area contributed by atoms with Gasteiger partial charge in [0.15, 0.2) is 11.5 Å². The van der Waals surface area contributed by atoms with Crippen LogP contribution in [0.25, 0.3) is 0 Å². The molecule has 6 heteroatoms. The Hall–Kier alpha value is -1.46. The molecule has 2 aliphatic heterocycles. The second kappa shape index (κ2) is 5.97. The summed E-state index contributed by atoms with van der Waals surface area (Å²) in [7, 11) is 0. The number of fused-ring (bicyclic) bond motifs is 1. The molecule has 120 valence electrons. The van der Waals surface area contributed by atoms with Crippen LogP contribution in [0.5, 0.6) is 11.5 Å². The third-order valence-corrected chi connectivity index (χ3v) is 4.65. The van der Waals surface area contributed by atoms with Crippen molar-refractivity contribution in [3.05, 3.63) is 22.2 Å². The topological polar surface area (TPSA) is 67.8 Å². The number of carboxylic acids is 1. The second-order valence-electron chi connectivity index (χ2n) is 6.10. The number of aliphatic carboxylic acids is 1. The number of nitrogens with one attached hydrogen (secondary N) is 1. The molecule has 1 aromatic rings. The van der Waals surface area contributed by atoms with Crippen LogP contribution in [0, 0.1) is 5.92 Å². The lowest BCUT2D eigenvalue weighted by atomic mass is 9.90. The van der Waals surface area contributed by atoms with E-state index in [9.17, 15) is 9.90 Å². The molecular formula is C16H20ClNO4. The van der Waals surface area contributed by atoms with Crippen LogP contribution in [0.2, 0.25) is 5.02 Å². The molecule has 0 radical (unpaired) electrons. The SMILES string of the molecule is CC(C)c1c(C2CC(C(=O)O)CN2)cc2c(c1Cl)OCCO2. The number of hydrogen-bond acceptors (Lipinski definition) is 4. The minimum absolute atomic E-state index is 0.0215.